The molecule has 184 valence electrons. The van der Waals surface area contributed by atoms with Gasteiger partial charge in [-0.2, -0.15) is 0 Å². The van der Waals surface area contributed by atoms with Crippen molar-refractivity contribution in [3.05, 3.63) is 107 Å². The second kappa shape index (κ2) is 11.2. The quantitative estimate of drug-likeness (QED) is 0.253. The predicted octanol–water partition coefficient (Wildman–Crippen LogP) is 7.50. The van der Waals surface area contributed by atoms with Gasteiger partial charge in [0.05, 0.1) is 5.52 Å². The number of rotatable bonds is 9. The molecule has 0 spiro atoms. The Labute approximate surface area is 212 Å². The molecule has 0 saturated heterocycles. The highest BCUT2D eigenvalue weighted by Crippen LogP contribution is 2.25. The number of benzene rings is 3. The van der Waals surface area contributed by atoms with Gasteiger partial charge >= 0.3 is 5.97 Å². The van der Waals surface area contributed by atoms with Crippen LogP contribution in [0.5, 0.6) is 0 Å². The Morgan fingerprint density at radius 1 is 0.944 bits per heavy atom. The average molecular weight is 480 g/mol. The van der Waals surface area contributed by atoms with Gasteiger partial charge in [-0.25, -0.2) is 0 Å². The van der Waals surface area contributed by atoms with Gasteiger partial charge < -0.3 is 5.11 Å². The van der Waals surface area contributed by atoms with E-state index in [4.69, 9.17) is 5.11 Å². The van der Waals surface area contributed by atoms with E-state index in [0.717, 1.165) is 34.0 Å². The number of fused-ring (bicyclic) bond motifs is 1. The van der Waals surface area contributed by atoms with Crippen molar-refractivity contribution in [3.63, 3.8) is 0 Å². The Bertz CT molecular complexity index is 1410. The third-order valence-electron chi connectivity index (χ3n) is 6.42. The molecule has 0 atom stereocenters. The lowest BCUT2D eigenvalue weighted by molar-refractivity contribution is -0.137. The molecular weight excluding hydrogens is 446 g/mol. The van der Waals surface area contributed by atoms with Gasteiger partial charge in [0.1, 0.15) is 0 Å². The number of carbonyl (C=O) groups is 2. The van der Waals surface area contributed by atoms with Crippen molar-refractivity contribution in [2.75, 3.05) is 0 Å². The van der Waals surface area contributed by atoms with Crippen molar-refractivity contribution < 1.29 is 14.7 Å². The van der Waals surface area contributed by atoms with Gasteiger partial charge in [-0.05, 0) is 78.1 Å². The smallest absolute Gasteiger partial charge is 0.303 e. The van der Waals surface area contributed by atoms with Crippen molar-refractivity contribution >= 4 is 34.4 Å². The molecule has 0 radical (unpaired) electrons. The fourth-order valence-electron chi connectivity index (χ4n) is 4.66. The topological polar surface area (TPSA) is 59.3 Å². The first-order valence-corrected chi connectivity index (χ1v) is 12.5. The second-order valence-corrected chi connectivity index (χ2v) is 9.84. The van der Waals surface area contributed by atoms with Crippen LogP contribution in [0.25, 0.3) is 22.6 Å². The first-order chi connectivity index (χ1) is 17.3. The molecule has 4 nitrogen and oxygen atoms in total. The number of nitrogens with zero attached hydrogens (tertiary/aromatic N) is 1. The summed E-state index contributed by atoms with van der Waals surface area (Å²) in [6.07, 6.45) is 6.31. The largest absolute Gasteiger partial charge is 0.481 e. The van der Waals surface area contributed by atoms with Crippen molar-refractivity contribution in [1.82, 2.24) is 4.57 Å². The Morgan fingerprint density at radius 3 is 2.42 bits per heavy atom. The number of aryl methyl sites for hydroxylation is 1. The number of carboxylic acids is 1. The molecule has 0 aliphatic heterocycles. The number of carboxylic acid groups (broad SMARTS) is 1. The van der Waals surface area contributed by atoms with E-state index in [1.807, 2.05) is 54.7 Å². The molecule has 36 heavy (non-hydrogen) atoms. The Kier molecular flexibility index (Phi) is 7.84. The van der Waals surface area contributed by atoms with Crippen LogP contribution in [0.2, 0.25) is 0 Å². The van der Waals surface area contributed by atoms with Gasteiger partial charge in [0.2, 0.25) is 0 Å². The van der Waals surface area contributed by atoms with Crippen molar-refractivity contribution in [1.29, 1.82) is 0 Å². The number of hydrogen-bond acceptors (Lipinski definition) is 2. The van der Waals surface area contributed by atoms with Crippen LogP contribution in [0, 0.1) is 5.92 Å². The summed E-state index contributed by atoms with van der Waals surface area (Å²) in [6, 6.07) is 24.2. The van der Waals surface area contributed by atoms with E-state index in [1.165, 1.54) is 11.1 Å². The van der Waals surface area contributed by atoms with E-state index in [0.29, 0.717) is 24.3 Å². The van der Waals surface area contributed by atoms with Crippen LogP contribution in [0.1, 0.15) is 66.2 Å². The lowest BCUT2D eigenvalue weighted by Gasteiger charge is -2.08. The second-order valence-electron chi connectivity index (χ2n) is 9.84. The van der Waals surface area contributed by atoms with Gasteiger partial charge in [-0.1, -0.05) is 74.5 Å². The molecule has 0 aliphatic carbocycles. The maximum Gasteiger partial charge on any atom is 0.303 e. The molecule has 4 heteroatoms. The highest BCUT2D eigenvalue weighted by Gasteiger charge is 2.15. The third-order valence-corrected chi connectivity index (χ3v) is 6.42. The number of para-hydroxylation sites is 1. The van der Waals surface area contributed by atoms with Crippen LogP contribution in [0.3, 0.4) is 0 Å². The van der Waals surface area contributed by atoms with Gasteiger partial charge in [0.15, 0.2) is 0 Å². The third kappa shape index (κ3) is 6.01. The molecule has 1 heterocycles. The fourth-order valence-corrected chi connectivity index (χ4v) is 4.66. The molecule has 0 unspecified atom stereocenters. The molecule has 3 aromatic carbocycles. The molecule has 0 bridgehead atoms. The Morgan fingerprint density at radius 2 is 1.69 bits per heavy atom. The SMILES string of the molecule is C/C(=C\c1cccc(C(=O)n2cc(CCCC(=O)O)c3ccccc32)c1)c1ccc(CC(C)C)cc1. The normalized spacial score (nSPS) is 11.8. The average Bonchev–Trinajstić information content (AvgIpc) is 3.22. The lowest BCUT2D eigenvalue weighted by atomic mass is 9.98. The number of allylic oxidation sites excluding steroid dienone is 1. The van der Waals surface area contributed by atoms with Crippen LogP contribution in [-0.4, -0.2) is 21.6 Å². The Hall–Kier alpha value is -3.92. The van der Waals surface area contributed by atoms with E-state index in [-0.39, 0.29) is 12.3 Å². The summed E-state index contributed by atoms with van der Waals surface area (Å²) in [5.74, 6) is -0.269. The molecular formula is C32H33NO3. The molecule has 4 aromatic rings. The highest BCUT2D eigenvalue weighted by molar-refractivity contribution is 6.03. The van der Waals surface area contributed by atoms with E-state index in [1.54, 1.807) is 4.57 Å². The van der Waals surface area contributed by atoms with E-state index >= 15 is 0 Å². The van der Waals surface area contributed by atoms with Crippen LogP contribution in [0.15, 0.2) is 79.0 Å². The minimum atomic E-state index is -0.804. The summed E-state index contributed by atoms with van der Waals surface area (Å²) in [6.45, 7) is 6.54. The minimum absolute atomic E-state index is 0.0957. The zero-order valence-corrected chi connectivity index (χ0v) is 21.2. The first-order valence-electron chi connectivity index (χ1n) is 12.5. The highest BCUT2D eigenvalue weighted by atomic mass is 16.4. The number of carbonyl (C=O) groups excluding carboxylic acids is 1. The summed E-state index contributed by atoms with van der Waals surface area (Å²) < 4.78 is 1.69. The number of hydrogen-bond donors (Lipinski definition) is 1. The zero-order chi connectivity index (χ0) is 25.7. The van der Waals surface area contributed by atoms with Crippen LogP contribution in [-0.2, 0) is 17.6 Å². The zero-order valence-electron chi connectivity index (χ0n) is 21.2. The van der Waals surface area contributed by atoms with Crippen LogP contribution >= 0.6 is 0 Å². The lowest BCUT2D eigenvalue weighted by Crippen LogP contribution is -2.10. The van der Waals surface area contributed by atoms with Gasteiger partial charge in [-0.3, -0.25) is 14.2 Å². The monoisotopic (exact) mass is 479 g/mol. The molecule has 1 N–H and O–H groups in total. The van der Waals surface area contributed by atoms with Crippen LogP contribution in [0.4, 0.5) is 0 Å². The number of aliphatic carboxylic acids is 1. The number of aromatic nitrogens is 1. The molecule has 0 fully saturated rings. The van der Waals surface area contributed by atoms with E-state index < -0.39 is 5.97 Å². The van der Waals surface area contributed by atoms with Crippen molar-refractivity contribution in [3.8, 4) is 0 Å². The van der Waals surface area contributed by atoms with E-state index in [9.17, 15) is 9.59 Å². The standard InChI is InChI=1S/C32H33NO3/c1-22(2)18-24-14-16-26(17-15-24)23(3)19-25-8-6-9-27(20-25)32(36)33-21-28(10-7-13-31(34)35)29-11-4-5-12-30(29)33/h4-6,8-9,11-12,14-17,19-22H,7,10,13,18H2,1-3H3,(H,34,35)/b23-19+. The summed E-state index contributed by atoms with van der Waals surface area (Å²) >= 11 is 0. The maximum absolute atomic E-state index is 13.5. The molecule has 1 aromatic heterocycles. The summed E-state index contributed by atoms with van der Waals surface area (Å²) in [4.78, 5) is 24.5. The predicted molar refractivity (Wildman–Crippen MR) is 147 cm³/mol. The summed E-state index contributed by atoms with van der Waals surface area (Å²) in [5, 5.41) is 9.98. The molecule has 0 aliphatic rings. The first kappa shape index (κ1) is 25.2. The molecule has 4 rings (SSSR count). The van der Waals surface area contributed by atoms with Gasteiger partial charge in [0, 0.05) is 23.6 Å². The molecule has 0 saturated carbocycles. The summed E-state index contributed by atoms with van der Waals surface area (Å²) in [7, 11) is 0. The van der Waals surface area contributed by atoms with Gasteiger partial charge in [0.25, 0.3) is 5.91 Å². The van der Waals surface area contributed by atoms with Crippen molar-refractivity contribution in [2.45, 2.75) is 46.5 Å². The van der Waals surface area contributed by atoms with Crippen molar-refractivity contribution in [2.24, 2.45) is 5.92 Å². The minimum Gasteiger partial charge on any atom is -0.481 e. The fraction of sp³-hybridized carbons (Fsp3) is 0.250. The van der Waals surface area contributed by atoms with Gasteiger partial charge in [-0.15, -0.1) is 0 Å². The van der Waals surface area contributed by atoms with E-state index in [2.05, 4.69) is 51.1 Å². The Balaban J connectivity index is 1.59. The maximum atomic E-state index is 13.5. The molecule has 0 amide bonds. The van der Waals surface area contributed by atoms with Crippen LogP contribution < -0.4 is 0 Å². The summed E-state index contributed by atoms with van der Waals surface area (Å²) in [5.41, 5.74) is 7.07.